The Morgan fingerprint density at radius 3 is 2.57 bits per heavy atom. The fraction of sp³-hybridized carbons (Fsp3) is 0.273. The molecule has 0 radical (unpaired) electrons. The number of nitrogens with zero attached hydrogens (tertiary/aromatic N) is 4. The van der Waals surface area contributed by atoms with Crippen LogP contribution in [0, 0.1) is 0 Å². The maximum absolute atomic E-state index is 11.2. The summed E-state index contributed by atoms with van der Waals surface area (Å²) >= 11 is 1.35. The molecular formula is C11H13N5O3S2. The quantitative estimate of drug-likeness (QED) is 0.761. The van der Waals surface area contributed by atoms with Crippen molar-refractivity contribution in [1.82, 2.24) is 20.2 Å². The van der Waals surface area contributed by atoms with E-state index in [0.717, 1.165) is 0 Å². The zero-order chi connectivity index (χ0) is 15.5. The summed E-state index contributed by atoms with van der Waals surface area (Å²) in [5.41, 5.74) is 0.609. The molecule has 0 spiro atoms. The molecule has 10 heteroatoms. The number of sulfonamides is 1. The van der Waals surface area contributed by atoms with Gasteiger partial charge in [-0.05, 0) is 41.6 Å². The van der Waals surface area contributed by atoms with Crippen molar-refractivity contribution in [3.8, 4) is 5.69 Å². The van der Waals surface area contributed by atoms with Crippen molar-refractivity contribution in [2.45, 2.75) is 23.4 Å². The Bertz CT molecular complexity index is 739. The van der Waals surface area contributed by atoms with E-state index in [1.54, 1.807) is 12.1 Å². The average molecular weight is 327 g/mol. The number of primary sulfonamides is 1. The van der Waals surface area contributed by atoms with Crippen LogP contribution in [0.15, 0.2) is 34.3 Å². The van der Waals surface area contributed by atoms with Crippen LogP contribution in [0.3, 0.4) is 0 Å². The van der Waals surface area contributed by atoms with E-state index in [4.69, 9.17) is 5.14 Å². The van der Waals surface area contributed by atoms with Gasteiger partial charge in [0.25, 0.3) is 0 Å². The van der Waals surface area contributed by atoms with Crippen LogP contribution in [0.5, 0.6) is 0 Å². The van der Waals surface area contributed by atoms with Crippen molar-refractivity contribution >= 4 is 27.6 Å². The van der Waals surface area contributed by atoms with E-state index in [0.29, 0.717) is 23.0 Å². The largest absolute Gasteiger partial charge is 0.300 e. The average Bonchev–Trinajstić information content (AvgIpc) is 2.86. The number of tetrazole rings is 1. The normalized spacial score (nSPS) is 11.5. The van der Waals surface area contributed by atoms with Crippen molar-refractivity contribution in [2.75, 3.05) is 5.75 Å². The van der Waals surface area contributed by atoms with Crippen LogP contribution in [0.4, 0.5) is 0 Å². The van der Waals surface area contributed by atoms with Gasteiger partial charge in [0, 0.05) is 12.2 Å². The number of thioether (sulfide) groups is 1. The van der Waals surface area contributed by atoms with E-state index < -0.39 is 10.0 Å². The minimum absolute atomic E-state index is 0.0186. The third-order valence-electron chi connectivity index (χ3n) is 2.54. The molecule has 8 nitrogen and oxygen atoms in total. The number of nitrogens with two attached hydrogens (primary N) is 1. The molecule has 0 aliphatic rings. The summed E-state index contributed by atoms with van der Waals surface area (Å²) in [5.74, 6) is 0.671. The van der Waals surface area contributed by atoms with Gasteiger partial charge in [-0.25, -0.2) is 13.6 Å². The lowest BCUT2D eigenvalue weighted by molar-refractivity contribution is -0.116. The van der Waals surface area contributed by atoms with Crippen LogP contribution in [0.1, 0.15) is 13.3 Å². The number of carbonyl (C=O) groups is 1. The van der Waals surface area contributed by atoms with Gasteiger partial charge in [-0.3, -0.25) is 4.79 Å². The number of rotatable bonds is 6. The highest BCUT2D eigenvalue weighted by Crippen LogP contribution is 2.19. The number of ketones is 1. The lowest BCUT2D eigenvalue weighted by Gasteiger charge is -2.04. The molecule has 0 aliphatic heterocycles. The van der Waals surface area contributed by atoms with E-state index >= 15 is 0 Å². The van der Waals surface area contributed by atoms with Crippen LogP contribution in [-0.2, 0) is 14.8 Å². The summed E-state index contributed by atoms with van der Waals surface area (Å²) < 4.78 is 23.9. The molecule has 0 aliphatic carbocycles. The zero-order valence-electron chi connectivity index (χ0n) is 11.1. The maximum Gasteiger partial charge on any atom is 0.238 e. The topological polar surface area (TPSA) is 121 Å². The van der Waals surface area contributed by atoms with Crippen LogP contribution in [-0.4, -0.2) is 40.2 Å². The lowest BCUT2D eigenvalue weighted by Crippen LogP contribution is -2.12. The summed E-state index contributed by atoms with van der Waals surface area (Å²) in [6, 6.07) is 5.89. The highest BCUT2D eigenvalue weighted by molar-refractivity contribution is 7.99. The van der Waals surface area contributed by atoms with E-state index in [1.165, 1.54) is 35.5 Å². The third-order valence-corrected chi connectivity index (χ3v) is 4.39. The number of hydrogen-bond donors (Lipinski definition) is 1. The van der Waals surface area contributed by atoms with Gasteiger partial charge in [-0.2, -0.15) is 4.68 Å². The highest BCUT2D eigenvalue weighted by atomic mass is 32.2. The van der Waals surface area contributed by atoms with E-state index in [2.05, 4.69) is 15.5 Å². The number of Topliss-reactive ketones (excluding diaryl/α,β-unsaturated/α-hetero) is 1. The second-order valence-electron chi connectivity index (χ2n) is 4.21. The third kappa shape index (κ3) is 4.09. The monoisotopic (exact) mass is 327 g/mol. The molecule has 0 amide bonds. The van der Waals surface area contributed by atoms with Gasteiger partial charge in [-0.1, -0.05) is 11.8 Å². The second-order valence-corrected chi connectivity index (χ2v) is 6.84. The fourth-order valence-corrected chi connectivity index (χ4v) is 2.94. The Morgan fingerprint density at radius 2 is 2.00 bits per heavy atom. The molecule has 0 fully saturated rings. The number of carbonyl (C=O) groups excluding carboxylic acids is 1. The second kappa shape index (κ2) is 6.33. The summed E-state index contributed by atoms with van der Waals surface area (Å²) in [5, 5.41) is 16.9. The molecule has 0 atom stereocenters. The molecule has 2 N–H and O–H groups in total. The number of benzene rings is 1. The van der Waals surface area contributed by atoms with Crippen LogP contribution >= 0.6 is 11.8 Å². The molecule has 21 heavy (non-hydrogen) atoms. The minimum atomic E-state index is -3.73. The smallest absolute Gasteiger partial charge is 0.238 e. The molecule has 1 aromatic heterocycles. The minimum Gasteiger partial charge on any atom is -0.300 e. The first-order valence-corrected chi connectivity index (χ1v) is 8.45. The van der Waals surface area contributed by atoms with Gasteiger partial charge < -0.3 is 0 Å². The molecule has 112 valence electrons. The molecule has 0 unspecified atom stereocenters. The summed E-state index contributed by atoms with van der Waals surface area (Å²) in [6.45, 7) is 1.52. The lowest BCUT2D eigenvalue weighted by atomic mass is 10.3. The predicted octanol–water partition coefficient (Wildman–Crippen LogP) is 0.381. The SMILES string of the molecule is CC(=O)CCSc1nnnn1-c1ccc(S(N)(=O)=O)cc1. The predicted molar refractivity (Wildman–Crippen MR) is 76.5 cm³/mol. The Morgan fingerprint density at radius 1 is 1.33 bits per heavy atom. The van der Waals surface area contributed by atoms with Crippen molar-refractivity contribution in [3.63, 3.8) is 0 Å². The first kappa shape index (κ1) is 15.6. The zero-order valence-corrected chi connectivity index (χ0v) is 12.8. The van der Waals surface area contributed by atoms with Gasteiger partial charge in [-0.15, -0.1) is 5.10 Å². The van der Waals surface area contributed by atoms with Crippen molar-refractivity contribution < 1.29 is 13.2 Å². The molecule has 2 aromatic rings. The summed E-state index contributed by atoms with van der Waals surface area (Å²) in [4.78, 5) is 10.9. The van der Waals surface area contributed by atoms with Crippen molar-refractivity contribution in [1.29, 1.82) is 0 Å². The van der Waals surface area contributed by atoms with Gasteiger partial charge in [0.05, 0.1) is 10.6 Å². The molecular weight excluding hydrogens is 314 g/mol. The molecule has 0 saturated heterocycles. The van der Waals surface area contributed by atoms with Gasteiger partial charge in [0.15, 0.2) is 0 Å². The van der Waals surface area contributed by atoms with E-state index in [1.807, 2.05) is 0 Å². The molecule has 0 bridgehead atoms. The van der Waals surface area contributed by atoms with Crippen LogP contribution in [0.25, 0.3) is 5.69 Å². The van der Waals surface area contributed by atoms with Gasteiger partial charge in [0.1, 0.15) is 5.78 Å². The van der Waals surface area contributed by atoms with E-state index in [-0.39, 0.29) is 10.7 Å². The van der Waals surface area contributed by atoms with E-state index in [9.17, 15) is 13.2 Å². The number of hydrogen-bond acceptors (Lipinski definition) is 7. The Hall–Kier alpha value is -1.78. The Kier molecular flexibility index (Phi) is 4.70. The molecule has 2 rings (SSSR count). The van der Waals surface area contributed by atoms with Crippen molar-refractivity contribution in [3.05, 3.63) is 24.3 Å². The van der Waals surface area contributed by atoms with Crippen molar-refractivity contribution in [2.24, 2.45) is 5.14 Å². The summed E-state index contributed by atoms with van der Waals surface area (Å²) in [7, 11) is -3.73. The van der Waals surface area contributed by atoms with Crippen LogP contribution in [0.2, 0.25) is 0 Å². The first-order valence-electron chi connectivity index (χ1n) is 5.92. The van der Waals surface area contributed by atoms with Gasteiger partial charge >= 0.3 is 0 Å². The highest BCUT2D eigenvalue weighted by Gasteiger charge is 2.11. The molecule has 1 heterocycles. The molecule has 1 aromatic carbocycles. The number of aromatic nitrogens is 4. The van der Waals surface area contributed by atoms with Crippen LogP contribution < -0.4 is 5.14 Å². The molecule has 0 saturated carbocycles. The maximum atomic E-state index is 11.2. The van der Waals surface area contributed by atoms with Gasteiger partial charge in [0.2, 0.25) is 15.2 Å². The summed E-state index contributed by atoms with van der Waals surface area (Å²) in [6.07, 6.45) is 0.432. The Balaban J connectivity index is 2.19. The Labute approximate surface area is 125 Å². The first-order chi connectivity index (χ1) is 9.88. The standard InChI is InChI=1S/C11H13N5O3S2/c1-8(17)6-7-20-11-13-14-15-16(11)9-2-4-10(5-3-9)21(12,18)19/h2-5H,6-7H2,1H3,(H2,12,18,19). The fourth-order valence-electron chi connectivity index (χ4n) is 1.49.